The van der Waals surface area contributed by atoms with Crippen LogP contribution in [0.3, 0.4) is 0 Å². The molecule has 1 fully saturated rings. The highest BCUT2D eigenvalue weighted by Crippen LogP contribution is 2.34. The first kappa shape index (κ1) is 15.2. The molecule has 1 aromatic carbocycles. The molecule has 1 amide bonds. The number of hydrogen-bond acceptors (Lipinski definition) is 5. The number of carbonyl (C=O) groups is 1. The Morgan fingerprint density at radius 3 is 2.67 bits per heavy atom. The molecule has 7 heteroatoms. The molecule has 0 heterocycles. The van der Waals surface area contributed by atoms with Gasteiger partial charge in [-0.25, -0.2) is 0 Å². The summed E-state index contributed by atoms with van der Waals surface area (Å²) in [6.45, 7) is 0.364. The van der Waals surface area contributed by atoms with Gasteiger partial charge < -0.3 is 15.4 Å². The van der Waals surface area contributed by atoms with Gasteiger partial charge in [-0.1, -0.05) is 6.07 Å². The second-order valence-electron chi connectivity index (χ2n) is 5.13. The lowest BCUT2D eigenvalue weighted by Crippen LogP contribution is -2.49. The number of benzene rings is 1. The highest BCUT2D eigenvalue weighted by Gasteiger charge is 2.37. The fraction of sp³-hybridized carbons (Fsp3) is 0.500. The van der Waals surface area contributed by atoms with Crippen molar-refractivity contribution in [3.63, 3.8) is 0 Å². The van der Waals surface area contributed by atoms with Crippen LogP contribution in [-0.4, -0.2) is 37.1 Å². The monoisotopic (exact) mass is 293 g/mol. The SMILES string of the molecule is CNc1cccc(C(=O)NCC2(OC)CCC2)c1[N+](=O)[O-]. The minimum Gasteiger partial charge on any atom is -0.383 e. The van der Waals surface area contributed by atoms with Crippen molar-refractivity contribution in [2.75, 3.05) is 26.0 Å². The first-order valence-corrected chi connectivity index (χ1v) is 6.81. The van der Waals surface area contributed by atoms with E-state index in [1.54, 1.807) is 26.3 Å². The average Bonchev–Trinajstić information content (AvgIpc) is 2.45. The molecule has 2 rings (SSSR count). The van der Waals surface area contributed by atoms with E-state index >= 15 is 0 Å². The van der Waals surface area contributed by atoms with E-state index in [0.717, 1.165) is 19.3 Å². The van der Waals surface area contributed by atoms with Crippen LogP contribution in [0.1, 0.15) is 29.6 Å². The molecule has 0 radical (unpaired) electrons. The lowest BCUT2D eigenvalue weighted by molar-refractivity contribution is -0.384. The maximum atomic E-state index is 12.2. The summed E-state index contributed by atoms with van der Waals surface area (Å²) in [5, 5.41) is 16.7. The van der Waals surface area contributed by atoms with Gasteiger partial charge in [-0.2, -0.15) is 0 Å². The van der Waals surface area contributed by atoms with E-state index < -0.39 is 10.8 Å². The van der Waals surface area contributed by atoms with Gasteiger partial charge in [0.2, 0.25) is 0 Å². The molecule has 0 saturated heterocycles. The third-order valence-electron chi connectivity index (χ3n) is 4.00. The molecule has 1 saturated carbocycles. The largest absolute Gasteiger partial charge is 0.383 e. The Hall–Kier alpha value is -2.15. The molecule has 1 aliphatic rings. The van der Waals surface area contributed by atoms with Crippen molar-refractivity contribution in [3.05, 3.63) is 33.9 Å². The zero-order valence-corrected chi connectivity index (χ0v) is 12.1. The molecule has 0 atom stereocenters. The van der Waals surface area contributed by atoms with Gasteiger partial charge in [0.15, 0.2) is 0 Å². The molecule has 0 spiro atoms. The first-order valence-electron chi connectivity index (χ1n) is 6.81. The van der Waals surface area contributed by atoms with E-state index in [1.807, 2.05) is 0 Å². The topological polar surface area (TPSA) is 93.5 Å². The fourth-order valence-electron chi connectivity index (χ4n) is 2.49. The Morgan fingerprint density at radius 1 is 1.48 bits per heavy atom. The molecule has 0 aliphatic heterocycles. The van der Waals surface area contributed by atoms with E-state index in [-0.39, 0.29) is 16.9 Å². The van der Waals surface area contributed by atoms with Crippen molar-refractivity contribution in [2.24, 2.45) is 0 Å². The van der Waals surface area contributed by atoms with Crippen LogP contribution in [-0.2, 0) is 4.74 Å². The van der Waals surface area contributed by atoms with Gasteiger partial charge in [-0.05, 0) is 31.4 Å². The summed E-state index contributed by atoms with van der Waals surface area (Å²) in [4.78, 5) is 22.9. The summed E-state index contributed by atoms with van der Waals surface area (Å²) >= 11 is 0. The number of hydrogen-bond donors (Lipinski definition) is 2. The average molecular weight is 293 g/mol. The van der Waals surface area contributed by atoms with Gasteiger partial charge in [0.05, 0.1) is 10.5 Å². The smallest absolute Gasteiger partial charge is 0.305 e. The van der Waals surface area contributed by atoms with Crippen LogP contribution in [0.25, 0.3) is 0 Å². The van der Waals surface area contributed by atoms with Gasteiger partial charge in [-0.15, -0.1) is 0 Å². The number of para-hydroxylation sites is 1. The summed E-state index contributed by atoms with van der Waals surface area (Å²) in [6, 6.07) is 4.63. The molecule has 1 aliphatic carbocycles. The molecule has 114 valence electrons. The molecule has 7 nitrogen and oxygen atoms in total. The van der Waals surface area contributed by atoms with Crippen molar-refractivity contribution in [3.8, 4) is 0 Å². The van der Waals surface area contributed by atoms with Crippen molar-refractivity contribution in [1.82, 2.24) is 5.32 Å². The van der Waals surface area contributed by atoms with Crippen LogP contribution in [0.5, 0.6) is 0 Å². The van der Waals surface area contributed by atoms with Gasteiger partial charge in [0, 0.05) is 20.7 Å². The van der Waals surface area contributed by atoms with Gasteiger partial charge in [-0.3, -0.25) is 14.9 Å². The van der Waals surface area contributed by atoms with E-state index in [9.17, 15) is 14.9 Å². The fourth-order valence-corrected chi connectivity index (χ4v) is 2.49. The first-order chi connectivity index (χ1) is 10.0. The van der Waals surface area contributed by atoms with E-state index in [0.29, 0.717) is 12.2 Å². The third-order valence-corrected chi connectivity index (χ3v) is 4.00. The zero-order valence-electron chi connectivity index (χ0n) is 12.1. The maximum absolute atomic E-state index is 12.2. The van der Waals surface area contributed by atoms with Crippen LogP contribution in [0.15, 0.2) is 18.2 Å². The standard InChI is InChI=1S/C14H19N3O4/c1-15-11-6-3-5-10(12(11)17(19)20)13(18)16-9-14(21-2)7-4-8-14/h3,5-6,15H,4,7-9H2,1-2H3,(H,16,18). The summed E-state index contributed by atoms with van der Waals surface area (Å²) in [7, 11) is 3.20. The normalized spacial score (nSPS) is 15.9. The summed E-state index contributed by atoms with van der Waals surface area (Å²) in [5.74, 6) is -0.456. The summed E-state index contributed by atoms with van der Waals surface area (Å²) in [6.07, 6.45) is 2.85. The molecule has 2 N–H and O–H groups in total. The van der Waals surface area contributed by atoms with Crippen molar-refractivity contribution >= 4 is 17.3 Å². The maximum Gasteiger partial charge on any atom is 0.305 e. The Labute approximate surface area is 122 Å². The number of ether oxygens (including phenoxy) is 1. The summed E-state index contributed by atoms with van der Waals surface area (Å²) in [5.41, 5.74) is -0.154. The number of nitrogens with zero attached hydrogens (tertiary/aromatic N) is 1. The lowest BCUT2D eigenvalue weighted by Gasteiger charge is -2.40. The quantitative estimate of drug-likeness (QED) is 0.617. The van der Waals surface area contributed by atoms with Crippen LogP contribution < -0.4 is 10.6 Å². The molecule has 0 unspecified atom stereocenters. The number of nitrogens with one attached hydrogen (secondary N) is 2. The van der Waals surface area contributed by atoms with Crippen LogP contribution in [0, 0.1) is 10.1 Å². The van der Waals surface area contributed by atoms with Crippen molar-refractivity contribution in [1.29, 1.82) is 0 Å². The number of methoxy groups -OCH3 is 1. The van der Waals surface area contributed by atoms with Crippen LogP contribution in [0.2, 0.25) is 0 Å². The number of nitro groups is 1. The van der Waals surface area contributed by atoms with Crippen molar-refractivity contribution < 1.29 is 14.5 Å². The number of amides is 1. The molecule has 0 bridgehead atoms. The van der Waals surface area contributed by atoms with Gasteiger partial charge in [0.25, 0.3) is 5.91 Å². The molecule has 0 aromatic heterocycles. The Balaban J connectivity index is 2.17. The van der Waals surface area contributed by atoms with Crippen LogP contribution in [0.4, 0.5) is 11.4 Å². The van der Waals surface area contributed by atoms with Crippen LogP contribution >= 0.6 is 0 Å². The van der Waals surface area contributed by atoms with E-state index in [4.69, 9.17) is 4.74 Å². The number of carbonyl (C=O) groups excluding carboxylic acids is 1. The minimum absolute atomic E-state index is 0.0532. The highest BCUT2D eigenvalue weighted by molar-refractivity contribution is 6.00. The van der Waals surface area contributed by atoms with E-state index in [2.05, 4.69) is 10.6 Å². The summed E-state index contributed by atoms with van der Waals surface area (Å²) < 4.78 is 5.42. The Morgan fingerprint density at radius 2 is 2.19 bits per heavy atom. The number of nitro benzene ring substituents is 1. The second-order valence-corrected chi connectivity index (χ2v) is 5.13. The van der Waals surface area contributed by atoms with Crippen molar-refractivity contribution in [2.45, 2.75) is 24.9 Å². The molecule has 21 heavy (non-hydrogen) atoms. The highest BCUT2D eigenvalue weighted by atomic mass is 16.6. The van der Waals surface area contributed by atoms with Gasteiger partial charge >= 0.3 is 5.69 Å². The number of anilines is 1. The second kappa shape index (κ2) is 6.09. The predicted octanol–water partition coefficient (Wildman–Crippen LogP) is 1.94. The van der Waals surface area contributed by atoms with E-state index in [1.165, 1.54) is 6.07 Å². The molecular weight excluding hydrogens is 274 g/mol. The van der Waals surface area contributed by atoms with Gasteiger partial charge in [0.1, 0.15) is 11.3 Å². The Bertz CT molecular complexity index is 550. The Kier molecular flexibility index (Phi) is 4.42. The number of rotatable bonds is 6. The minimum atomic E-state index is -0.545. The zero-order chi connectivity index (χ0) is 15.5. The predicted molar refractivity (Wildman–Crippen MR) is 78.6 cm³/mol. The molecule has 1 aromatic rings. The third kappa shape index (κ3) is 2.97. The molecular formula is C14H19N3O4. The lowest BCUT2D eigenvalue weighted by atomic mass is 9.80.